The van der Waals surface area contributed by atoms with Crippen LogP contribution in [-0.2, 0) is 9.59 Å². The quantitative estimate of drug-likeness (QED) is 0.789. The van der Waals surface area contributed by atoms with E-state index in [9.17, 15) is 9.59 Å². The lowest BCUT2D eigenvalue weighted by atomic mass is 9.64. The Morgan fingerprint density at radius 3 is 2.26 bits per heavy atom. The highest BCUT2D eigenvalue weighted by Crippen LogP contribution is 2.44. The van der Waals surface area contributed by atoms with Crippen molar-refractivity contribution in [3.63, 3.8) is 0 Å². The van der Waals surface area contributed by atoms with Crippen molar-refractivity contribution in [2.75, 3.05) is 13.1 Å². The van der Waals surface area contributed by atoms with Crippen molar-refractivity contribution >= 4 is 11.8 Å². The van der Waals surface area contributed by atoms with Gasteiger partial charge in [0.25, 0.3) is 0 Å². The van der Waals surface area contributed by atoms with Crippen molar-refractivity contribution in [1.29, 1.82) is 0 Å². The number of carbonyl (C=O) groups is 2. The summed E-state index contributed by atoms with van der Waals surface area (Å²) in [6.07, 6.45) is 8.09. The highest BCUT2D eigenvalue weighted by molar-refractivity contribution is 5.80. The number of hydrogen-bond donors (Lipinski definition) is 2. The molecule has 0 spiro atoms. The van der Waals surface area contributed by atoms with E-state index in [1.165, 1.54) is 38.5 Å². The predicted molar refractivity (Wildman–Crippen MR) is 72.3 cm³/mol. The third-order valence-electron chi connectivity index (χ3n) is 5.25. The summed E-state index contributed by atoms with van der Waals surface area (Å²) in [5, 5.41) is 5.93. The fourth-order valence-corrected chi connectivity index (χ4v) is 3.58. The lowest BCUT2D eigenvalue weighted by Crippen LogP contribution is -2.45. The van der Waals surface area contributed by atoms with Crippen molar-refractivity contribution in [2.45, 2.75) is 44.9 Å². The van der Waals surface area contributed by atoms with E-state index >= 15 is 0 Å². The number of hydrogen-bond acceptors (Lipinski definition) is 2. The first-order valence-electron chi connectivity index (χ1n) is 7.78. The summed E-state index contributed by atoms with van der Waals surface area (Å²) < 4.78 is 0. The molecule has 2 amide bonds. The lowest BCUT2D eigenvalue weighted by molar-refractivity contribution is -0.132. The Morgan fingerprint density at radius 2 is 1.84 bits per heavy atom. The van der Waals surface area contributed by atoms with Crippen LogP contribution in [-0.4, -0.2) is 24.9 Å². The van der Waals surface area contributed by atoms with Gasteiger partial charge in [0, 0.05) is 31.3 Å². The molecule has 0 aromatic rings. The van der Waals surface area contributed by atoms with Gasteiger partial charge in [-0.25, -0.2) is 0 Å². The molecule has 4 nitrogen and oxygen atoms in total. The molecule has 0 aromatic heterocycles. The molecule has 19 heavy (non-hydrogen) atoms. The van der Waals surface area contributed by atoms with Crippen molar-refractivity contribution < 1.29 is 9.59 Å². The average Bonchev–Trinajstić information content (AvgIpc) is 2.66. The Kier molecular flexibility index (Phi) is 3.76. The molecule has 106 valence electrons. The first kappa shape index (κ1) is 12.9. The van der Waals surface area contributed by atoms with Crippen LogP contribution in [0.3, 0.4) is 0 Å². The molecule has 2 N–H and O–H groups in total. The number of carbonyl (C=O) groups excluding carboxylic acids is 2. The van der Waals surface area contributed by atoms with Gasteiger partial charge in [-0.1, -0.05) is 12.8 Å². The number of nitrogens with one attached hydrogen (secondary N) is 2. The number of amides is 2. The van der Waals surface area contributed by atoms with Gasteiger partial charge in [-0.05, 0) is 37.5 Å². The molecule has 1 saturated heterocycles. The first-order chi connectivity index (χ1) is 9.24. The maximum atomic E-state index is 12.4. The smallest absolute Gasteiger partial charge is 0.223 e. The zero-order valence-corrected chi connectivity index (χ0v) is 11.5. The van der Waals surface area contributed by atoms with Gasteiger partial charge < -0.3 is 10.6 Å². The highest BCUT2D eigenvalue weighted by Gasteiger charge is 2.40. The summed E-state index contributed by atoms with van der Waals surface area (Å²) in [7, 11) is 0. The predicted octanol–water partition coefficient (Wildman–Crippen LogP) is 1.46. The minimum Gasteiger partial charge on any atom is -0.356 e. The zero-order chi connectivity index (χ0) is 13.2. The molecule has 1 unspecified atom stereocenters. The van der Waals surface area contributed by atoms with E-state index in [-0.39, 0.29) is 17.7 Å². The van der Waals surface area contributed by atoms with Gasteiger partial charge in [0.05, 0.1) is 0 Å². The molecule has 2 saturated carbocycles. The monoisotopic (exact) mass is 264 g/mol. The topological polar surface area (TPSA) is 58.2 Å². The minimum absolute atomic E-state index is 0.119. The molecule has 0 aromatic carbocycles. The fourth-order valence-electron chi connectivity index (χ4n) is 3.58. The summed E-state index contributed by atoms with van der Waals surface area (Å²) in [6, 6.07) is 0. The van der Waals surface area contributed by atoms with Gasteiger partial charge in [0.15, 0.2) is 0 Å². The summed E-state index contributed by atoms with van der Waals surface area (Å²) in [6.45, 7) is 1.38. The average molecular weight is 264 g/mol. The van der Waals surface area contributed by atoms with E-state index in [1.807, 2.05) is 0 Å². The van der Waals surface area contributed by atoms with Crippen LogP contribution in [0.2, 0.25) is 0 Å². The number of rotatable bonds is 5. The maximum Gasteiger partial charge on any atom is 0.223 e. The summed E-state index contributed by atoms with van der Waals surface area (Å²) in [5.41, 5.74) is 0. The van der Waals surface area contributed by atoms with Crippen molar-refractivity contribution in [1.82, 2.24) is 10.6 Å². The Hall–Kier alpha value is -1.06. The highest BCUT2D eigenvalue weighted by atomic mass is 16.2. The van der Waals surface area contributed by atoms with Gasteiger partial charge in [-0.2, -0.15) is 0 Å². The maximum absolute atomic E-state index is 12.4. The minimum atomic E-state index is 0.119. The lowest BCUT2D eigenvalue weighted by Gasteiger charge is -2.41. The first-order valence-corrected chi connectivity index (χ1v) is 7.78. The third-order valence-corrected chi connectivity index (χ3v) is 5.25. The Morgan fingerprint density at radius 1 is 1.21 bits per heavy atom. The molecule has 1 heterocycles. The van der Waals surface area contributed by atoms with Crippen molar-refractivity contribution in [3.8, 4) is 0 Å². The summed E-state index contributed by atoms with van der Waals surface area (Å²) in [4.78, 5) is 23.6. The van der Waals surface area contributed by atoms with E-state index in [2.05, 4.69) is 10.6 Å². The second-order valence-corrected chi connectivity index (χ2v) is 6.53. The Labute approximate surface area is 114 Å². The summed E-state index contributed by atoms with van der Waals surface area (Å²) in [5.74, 6) is 2.19. The van der Waals surface area contributed by atoms with Crippen LogP contribution in [0.15, 0.2) is 0 Å². The molecular formula is C15H24N2O2. The Bertz CT molecular complexity index is 347. The second kappa shape index (κ2) is 5.51. The van der Waals surface area contributed by atoms with Gasteiger partial charge in [-0.3, -0.25) is 9.59 Å². The van der Waals surface area contributed by atoms with Gasteiger partial charge in [-0.15, -0.1) is 0 Å². The zero-order valence-electron chi connectivity index (χ0n) is 11.5. The largest absolute Gasteiger partial charge is 0.356 e. The molecule has 1 aliphatic heterocycles. The standard InChI is InChI=1S/C15H24N2O2/c18-13-7-10(8-16-13)9-17-15(19)14(11-3-1-4-11)12-5-2-6-12/h10-12,14H,1-9H2,(H,16,18)(H,17,19). The molecule has 0 bridgehead atoms. The molecule has 2 aliphatic carbocycles. The van der Waals surface area contributed by atoms with E-state index < -0.39 is 0 Å². The second-order valence-electron chi connectivity index (χ2n) is 6.53. The summed E-state index contributed by atoms with van der Waals surface area (Å²) >= 11 is 0. The van der Waals surface area contributed by atoms with Gasteiger partial charge in [0.2, 0.25) is 11.8 Å². The van der Waals surface area contributed by atoms with Crippen LogP contribution in [0, 0.1) is 23.7 Å². The van der Waals surface area contributed by atoms with Crippen LogP contribution in [0.25, 0.3) is 0 Å². The molecule has 1 atom stereocenters. The molecule has 3 aliphatic rings. The molecule has 4 heteroatoms. The van der Waals surface area contributed by atoms with E-state index in [1.54, 1.807) is 0 Å². The molecule has 3 fully saturated rings. The van der Waals surface area contributed by atoms with E-state index in [4.69, 9.17) is 0 Å². The van der Waals surface area contributed by atoms with E-state index in [0.717, 1.165) is 6.54 Å². The van der Waals surface area contributed by atoms with E-state index in [0.29, 0.717) is 30.7 Å². The normalized spacial score (nSPS) is 27.8. The van der Waals surface area contributed by atoms with Gasteiger partial charge in [0.1, 0.15) is 0 Å². The van der Waals surface area contributed by atoms with Crippen LogP contribution < -0.4 is 10.6 Å². The van der Waals surface area contributed by atoms with Crippen molar-refractivity contribution in [3.05, 3.63) is 0 Å². The van der Waals surface area contributed by atoms with Crippen LogP contribution in [0.4, 0.5) is 0 Å². The van der Waals surface area contributed by atoms with Crippen molar-refractivity contribution in [2.24, 2.45) is 23.7 Å². The van der Waals surface area contributed by atoms with Crippen LogP contribution in [0.5, 0.6) is 0 Å². The molecule has 0 radical (unpaired) electrons. The van der Waals surface area contributed by atoms with Crippen LogP contribution >= 0.6 is 0 Å². The van der Waals surface area contributed by atoms with Crippen LogP contribution in [0.1, 0.15) is 44.9 Å². The molecule has 3 rings (SSSR count). The third kappa shape index (κ3) is 2.77. The SMILES string of the molecule is O=C1CC(CNC(=O)C(C2CCC2)C2CCC2)CN1. The Balaban J connectivity index is 1.50. The molecular weight excluding hydrogens is 240 g/mol. The van der Waals surface area contributed by atoms with Gasteiger partial charge >= 0.3 is 0 Å². The fraction of sp³-hybridized carbons (Fsp3) is 0.867.